The summed E-state index contributed by atoms with van der Waals surface area (Å²) in [5.74, 6) is -0.439. The number of benzene rings is 1. The Bertz CT molecular complexity index is 993. The molecule has 3 N–H and O–H groups in total. The van der Waals surface area contributed by atoms with E-state index in [4.69, 9.17) is 9.52 Å². The topological polar surface area (TPSA) is 125 Å². The summed E-state index contributed by atoms with van der Waals surface area (Å²) in [5, 5.41) is 14.6. The minimum atomic E-state index is -0.836. The van der Waals surface area contributed by atoms with Crippen molar-refractivity contribution < 1.29 is 23.9 Å². The number of nitrogens with zero attached hydrogens (tertiary/aromatic N) is 2. The van der Waals surface area contributed by atoms with E-state index in [1.165, 1.54) is 6.39 Å². The number of hydrogen-bond donors (Lipinski definition) is 3. The fourth-order valence-electron chi connectivity index (χ4n) is 3.98. The molecule has 0 saturated carbocycles. The highest BCUT2D eigenvalue weighted by atomic mass is 16.3. The lowest BCUT2D eigenvalue weighted by atomic mass is 9.85. The fourth-order valence-corrected chi connectivity index (χ4v) is 3.98. The number of aliphatic hydroxyl groups excluding tert-OH is 1. The number of aryl methyl sites for hydroxylation is 1. The highest BCUT2D eigenvalue weighted by Crippen LogP contribution is 2.26. The van der Waals surface area contributed by atoms with Crippen LogP contribution in [0, 0.1) is 12.3 Å². The van der Waals surface area contributed by atoms with E-state index in [1.54, 1.807) is 4.90 Å². The van der Waals surface area contributed by atoms with Gasteiger partial charge in [-0.15, -0.1) is 0 Å². The quantitative estimate of drug-likeness (QED) is 0.583. The number of aromatic nitrogens is 1. The van der Waals surface area contributed by atoms with Gasteiger partial charge in [0.25, 0.3) is 0 Å². The molecule has 2 aromatic rings. The molecule has 1 fully saturated rings. The van der Waals surface area contributed by atoms with E-state index < -0.39 is 30.0 Å². The van der Waals surface area contributed by atoms with Gasteiger partial charge < -0.3 is 25.1 Å². The summed E-state index contributed by atoms with van der Waals surface area (Å²) in [6.07, 6.45) is 2.68. The summed E-state index contributed by atoms with van der Waals surface area (Å²) in [4.78, 5) is 43.6. The van der Waals surface area contributed by atoms with Crippen LogP contribution >= 0.6 is 0 Å². The second-order valence-corrected chi connectivity index (χ2v) is 9.40. The molecule has 3 amide bonds. The van der Waals surface area contributed by atoms with Crippen LogP contribution in [0.5, 0.6) is 0 Å². The molecular formula is C24H32N4O5. The zero-order chi connectivity index (χ0) is 24.2. The monoisotopic (exact) mass is 456 g/mol. The number of carbonyl (C=O) groups is 3. The van der Waals surface area contributed by atoms with Crippen LogP contribution in [0.4, 0.5) is 0 Å². The molecule has 0 spiro atoms. The third kappa shape index (κ3) is 5.78. The Morgan fingerprint density at radius 3 is 2.52 bits per heavy atom. The highest BCUT2D eigenvalue weighted by molar-refractivity contribution is 5.93. The molecule has 1 aliphatic rings. The average Bonchev–Trinajstić information content (AvgIpc) is 3.44. The maximum atomic E-state index is 13.2. The first kappa shape index (κ1) is 24.4. The summed E-state index contributed by atoms with van der Waals surface area (Å²) in [5.41, 5.74) is 2.06. The summed E-state index contributed by atoms with van der Waals surface area (Å²) in [7, 11) is 0. The van der Waals surface area contributed by atoms with Gasteiger partial charge in [-0.25, -0.2) is 4.98 Å². The van der Waals surface area contributed by atoms with Crippen LogP contribution in [0.3, 0.4) is 0 Å². The number of carbonyl (C=O) groups excluding carboxylic acids is 3. The minimum absolute atomic E-state index is 0.225. The van der Waals surface area contributed by atoms with Crippen molar-refractivity contribution in [3.8, 4) is 11.3 Å². The molecule has 2 heterocycles. The number of hydrogen-bond acceptors (Lipinski definition) is 6. The SMILES string of the molecule is Cc1ncoc1-c1ccc(CNC(=O)[C@@H]2CCCN2C(=O)C(NC(=O)CO)C(C)(C)C)cc1. The van der Waals surface area contributed by atoms with Crippen LogP contribution in [-0.2, 0) is 20.9 Å². The Labute approximate surface area is 193 Å². The van der Waals surface area contributed by atoms with Gasteiger partial charge >= 0.3 is 0 Å². The molecule has 0 bridgehead atoms. The van der Waals surface area contributed by atoms with Gasteiger partial charge in [0.15, 0.2) is 12.2 Å². The Kier molecular flexibility index (Phi) is 7.53. The van der Waals surface area contributed by atoms with Crippen molar-refractivity contribution in [2.45, 2.75) is 59.2 Å². The van der Waals surface area contributed by atoms with Crippen LogP contribution in [-0.4, -0.2) is 57.9 Å². The number of aliphatic hydroxyl groups is 1. The standard InChI is InChI=1S/C24H32N4O5/c1-15-20(33-14-26-15)17-9-7-16(8-10-17)12-25-22(31)18-6-5-11-28(18)23(32)21(24(2,3)4)27-19(30)13-29/h7-10,14,18,21,29H,5-6,11-13H2,1-4H3,(H,25,31)(H,27,30)/t18-,21?/m0/s1. The number of likely N-dealkylation sites (tertiary alicyclic amines) is 1. The Balaban J connectivity index is 1.63. The third-order valence-electron chi connectivity index (χ3n) is 5.83. The first-order valence-corrected chi connectivity index (χ1v) is 11.1. The molecule has 1 aromatic heterocycles. The lowest BCUT2D eigenvalue weighted by molar-refractivity contribution is -0.144. The Morgan fingerprint density at radius 1 is 1.24 bits per heavy atom. The zero-order valence-corrected chi connectivity index (χ0v) is 19.6. The van der Waals surface area contributed by atoms with Crippen molar-refractivity contribution in [3.63, 3.8) is 0 Å². The van der Waals surface area contributed by atoms with E-state index in [-0.39, 0.29) is 11.8 Å². The van der Waals surface area contributed by atoms with Crippen molar-refractivity contribution in [3.05, 3.63) is 41.9 Å². The number of rotatable bonds is 7. The van der Waals surface area contributed by atoms with Gasteiger partial charge in [0.1, 0.15) is 18.7 Å². The maximum Gasteiger partial charge on any atom is 0.246 e. The molecule has 1 unspecified atom stereocenters. The van der Waals surface area contributed by atoms with E-state index in [0.717, 1.165) is 16.8 Å². The second kappa shape index (κ2) is 10.2. The van der Waals surface area contributed by atoms with Crippen molar-refractivity contribution >= 4 is 17.7 Å². The predicted molar refractivity (Wildman–Crippen MR) is 122 cm³/mol. The molecule has 9 nitrogen and oxygen atoms in total. The Hall–Kier alpha value is -3.20. The molecule has 0 radical (unpaired) electrons. The summed E-state index contributed by atoms with van der Waals surface area (Å²) in [6, 6.07) is 6.22. The highest BCUT2D eigenvalue weighted by Gasteiger charge is 2.41. The number of amides is 3. The van der Waals surface area contributed by atoms with Gasteiger partial charge in [-0.05, 0) is 30.7 Å². The van der Waals surface area contributed by atoms with Gasteiger partial charge in [-0.1, -0.05) is 45.0 Å². The van der Waals surface area contributed by atoms with Crippen LogP contribution in [0.2, 0.25) is 0 Å². The normalized spacial score (nSPS) is 17.0. The van der Waals surface area contributed by atoms with Crippen LogP contribution in [0.15, 0.2) is 35.1 Å². The first-order valence-electron chi connectivity index (χ1n) is 11.1. The average molecular weight is 457 g/mol. The van der Waals surface area contributed by atoms with Crippen molar-refractivity contribution in [1.29, 1.82) is 0 Å². The van der Waals surface area contributed by atoms with Gasteiger partial charge in [0.2, 0.25) is 17.7 Å². The summed E-state index contributed by atoms with van der Waals surface area (Å²) >= 11 is 0. The molecular weight excluding hydrogens is 424 g/mol. The molecule has 9 heteroatoms. The molecule has 0 aliphatic carbocycles. The van der Waals surface area contributed by atoms with E-state index in [0.29, 0.717) is 31.7 Å². The molecule has 33 heavy (non-hydrogen) atoms. The zero-order valence-electron chi connectivity index (χ0n) is 19.6. The van der Waals surface area contributed by atoms with Crippen LogP contribution in [0.25, 0.3) is 11.3 Å². The van der Waals surface area contributed by atoms with Gasteiger partial charge in [-0.3, -0.25) is 14.4 Å². The summed E-state index contributed by atoms with van der Waals surface area (Å²) < 4.78 is 5.41. The fraction of sp³-hybridized carbons (Fsp3) is 0.500. The summed E-state index contributed by atoms with van der Waals surface area (Å²) in [6.45, 7) is 7.47. The van der Waals surface area contributed by atoms with Gasteiger partial charge in [-0.2, -0.15) is 0 Å². The predicted octanol–water partition coefficient (Wildman–Crippen LogP) is 1.78. The van der Waals surface area contributed by atoms with Crippen molar-refractivity contribution in [2.24, 2.45) is 5.41 Å². The van der Waals surface area contributed by atoms with E-state index in [2.05, 4.69) is 15.6 Å². The molecule has 3 rings (SSSR count). The lowest BCUT2D eigenvalue weighted by Crippen LogP contribution is -2.58. The molecule has 2 atom stereocenters. The first-order chi connectivity index (χ1) is 15.6. The second-order valence-electron chi connectivity index (χ2n) is 9.40. The number of oxazole rings is 1. The molecule has 1 aliphatic heterocycles. The third-order valence-corrected chi connectivity index (χ3v) is 5.83. The Morgan fingerprint density at radius 2 is 1.94 bits per heavy atom. The lowest BCUT2D eigenvalue weighted by Gasteiger charge is -2.35. The van der Waals surface area contributed by atoms with Crippen LogP contribution < -0.4 is 10.6 Å². The van der Waals surface area contributed by atoms with Crippen LogP contribution in [0.1, 0.15) is 44.9 Å². The maximum absolute atomic E-state index is 13.2. The smallest absolute Gasteiger partial charge is 0.246 e. The van der Waals surface area contributed by atoms with E-state index >= 15 is 0 Å². The van der Waals surface area contributed by atoms with Crippen molar-refractivity contribution in [2.75, 3.05) is 13.2 Å². The molecule has 1 aromatic carbocycles. The van der Waals surface area contributed by atoms with E-state index in [9.17, 15) is 14.4 Å². The van der Waals surface area contributed by atoms with Gasteiger partial charge in [0, 0.05) is 18.7 Å². The van der Waals surface area contributed by atoms with Crippen molar-refractivity contribution in [1.82, 2.24) is 20.5 Å². The number of nitrogens with one attached hydrogen (secondary N) is 2. The minimum Gasteiger partial charge on any atom is -0.443 e. The van der Waals surface area contributed by atoms with E-state index in [1.807, 2.05) is 52.0 Å². The molecule has 178 valence electrons. The molecule has 1 saturated heterocycles. The largest absolute Gasteiger partial charge is 0.443 e. The van der Waals surface area contributed by atoms with Gasteiger partial charge in [0.05, 0.1) is 5.69 Å².